The van der Waals surface area contributed by atoms with Crippen LogP contribution >= 0.6 is 0 Å². The Labute approximate surface area is 51.4 Å². The second kappa shape index (κ2) is 2.09. The van der Waals surface area contributed by atoms with Gasteiger partial charge in [0.05, 0.1) is 6.20 Å². The number of nitrogens with one attached hydrogen (secondary N) is 1. The van der Waals surface area contributed by atoms with Crippen molar-refractivity contribution in [1.82, 2.24) is 9.78 Å². The van der Waals surface area contributed by atoms with Crippen LogP contribution in [-0.2, 0) is 4.74 Å². The molecule has 0 aliphatic carbocycles. The zero-order chi connectivity index (χ0) is 6.69. The van der Waals surface area contributed by atoms with Crippen LogP contribution < -0.4 is 0 Å². The number of carbonyl (C=O) groups excluding carboxylic acids is 1. The van der Waals surface area contributed by atoms with E-state index < -0.39 is 6.09 Å². The van der Waals surface area contributed by atoms with Gasteiger partial charge in [-0.15, -0.1) is 0 Å². The van der Waals surface area contributed by atoms with Gasteiger partial charge in [-0.05, 0) is 0 Å². The van der Waals surface area contributed by atoms with E-state index in [1.165, 1.54) is 6.20 Å². The van der Waals surface area contributed by atoms with Gasteiger partial charge in [0.2, 0.25) is 0 Å². The Morgan fingerprint density at radius 2 is 2.56 bits per heavy atom. The van der Waals surface area contributed by atoms with E-state index in [0.29, 0.717) is 0 Å². The summed E-state index contributed by atoms with van der Waals surface area (Å²) in [6, 6.07) is 0. The van der Waals surface area contributed by atoms with Crippen molar-refractivity contribution in [3.8, 4) is 12.5 Å². The number of hydrogen-bond acceptors (Lipinski definition) is 2. The third kappa shape index (κ3) is 0.941. The summed E-state index contributed by atoms with van der Waals surface area (Å²) in [6.45, 7) is 0. The lowest BCUT2D eigenvalue weighted by Gasteiger charge is -2.02. The van der Waals surface area contributed by atoms with Gasteiger partial charge in [-0.1, -0.05) is 6.42 Å². The number of carbonyl (C=O) groups is 1. The molecule has 9 heavy (non-hydrogen) atoms. The van der Waals surface area contributed by atoms with Crippen molar-refractivity contribution < 1.29 is 9.53 Å². The summed E-state index contributed by atoms with van der Waals surface area (Å²) in [5, 5.41) is 2.51. The molecule has 46 valence electrons. The van der Waals surface area contributed by atoms with Gasteiger partial charge in [0.15, 0.2) is 0 Å². The minimum absolute atomic E-state index is 0.597. The first-order valence-electron chi connectivity index (χ1n) is 2.23. The fourth-order valence-corrected chi connectivity index (χ4v) is 0.362. The summed E-state index contributed by atoms with van der Waals surface area (Å²) in [7, 11) is 0. The number of aromatic amines is 1. The molecule has 0 spiro atoms. The van der Waals surface area contributed by atoms with Crippen LogP contribution in [0.1, 0.15) is 0 Å². The van der Waals surface area contributed by atoms with Crippen molar-refractivity contribution in [3.63, 3.8) is 0 Å². The largest absolute Gasteiger partial charge is 0.447 e. The first-order chi connectivity index (χ1) is 4.34. The maximum absolute atomic E-state index is 10.5. The normalized spacial score (nSPS) is 8.33. The Balaban J connectivity index is 2.53. The summed E-state index contributed by atoms with van der Waals surface area (Å²) in [5.74, 6) is 0. The highest BCUT2D eigenvalue weighted by Crippen LogP contribution is 1.86. The Kier molecular flexibility index (Phi) is 1.28. The van der Waals surface area contributed by atoms with E-state index in [-0.39, 0.29) is 0 Å². The lowest BCUT2D eigenvalue weighted by atomic mass is 10.8. The molecular weight excluding hydrogens is 120 g/mol. The van der Waals surface area contributed by atoms with Crippen molar-refractivity contribution >= 4 is 6.09 Å². The molecule has 0 unspecified atom stereocenters. The Morgan fingerprint density at radius 1 is 1.89 bits per heavy atom. The van der Waals surface area contributed by atoms with Crippen LogP contribution in [0.15, 0.2) is 12.4 Å². The first kappa shape index (κ1) is 5.51. The van der Waals surface area contributed by atoms with Crippen molar-refractivity contribution in [2.75, 3.05) is 0 Å². The van der Waals surface area contributed by atoms with Crippen LogP contribution in [0.25, 0.3) is 0 Å². The number of aromatic nitrogens is 2. The quantitative estimate of drug-likeness (QED) is 0.508. The molecule has 0 aliphatic heterocycles. The molecule has 1 aromatic rings. The van der Waals surface area contributed by atoms with Crippen LogP contribution in [0.2, 0.25) is 0 Å². The maximum Gasteiger partial charge on any atom is 0.447 e. The van der Waals surface area contributed by atoms with E-state index in [9.17, 15) is 4.79 Å². The number of ether oxygens (including phenoxy) is 1. The van der Waals surface area contributed by atoms with E-state index in [2.05, 4.69) is 16.3 Å². The average Bonchev–Trinajstić information content (AvgIpc) is 1.60. The second-order valence-corrected chi connectivity index (χ2v) is 1.30. The summed E-state index contributed by atoms with van der Waals surface area (Å²) >= 11 is 0. The highest BCUT2D eigenvalue weighted by molar-refractivity contribution is 5.70. The van der Waals surface area contributed by atoms with Gasteiger partial charge in [0.25, 0.3) is 0 Å². The molecule has 1 aromatic heterocycles. The molecular formula is C5H4N2O2. The topological polar surface area (TPSA) is 47.0 Å². The summed E-state index contributed by atoms with van der Waals surface area (Å²) < 4.78 is 5.27. The molecule has 0 aliphatic rings. The molecule has 0 amide bonds. The number of hydrogen-bond donors (Lipinski definition) is 1. The van der Waals surface area contributed by atoms with Crippen molar-refractivity contribution in [3.05, 3.63) is 12.4 Å². The number of nitrogens with zero attached hydrogens (tertiary/aromatic N) is 1. The standard InChI is InChI=1S/C5H4N2O2/c1-2-9-5(8)7-4-3-6-7/h1,3-4,6H. The van der Waals surface area contributed by atoms with Crippen LogP contribution in [0.5, 0.6) is 0 Å². The van der Waals surface area contributed by atoms with Crippen molar-refractivity contribution in [2.45, 2.75) is 0 Å². The van der Waals surface area contributed by atoms with Gasteiger partial charge < -0.3 is 4.74 Å². The fraction of sp³-hybridized carbons (Fsp3) is 0. The fourth-order valence-electron chi connectivity index (χ4n) is 0.362. The number of terminal acetylenes is 1. The Hall–Kier alpha value is -1.63. The molecule has 0 atom stereocenters. The second-order valence-electron chi connectivity index (χ2n) is 1.30. The molecule has 0 fully saturated rings. The molecule has 0 saturated carbocycles. The number of rotatable bonds is 0. The Bertz CT molecular complexity index is 231. The van der Waals surface area contributed by atoms with Crippen molar-refractivity contribution in [1.29, 1.82) is 0 Å². The Morgan fingerprint density at radius 3 is 2.89 bits per heavy atom. The van der Waals surface area contributed by atoms with E-state index in [1.807, 2.05) is 0 Å². The zero-order valence-corrected chi connectivity index (χ0v) is 4.50. The highest BCUT2D eigenvalue weighted by Gasteiger charge is 2.01. The summed E-state index contributed by atoms with van der Waals surface area (Å²) in [6.07, 6.45) is 8.91. The molecule has 0 bridgehead atoms. The van der Waals surface area contributed by atoms with Gasteiger partial charge in [0.1, 0.15) is 6.11 Å². The monoisotopic (exact) mass is 124 g/mol. The van der Waals surface area contributed by atoms with Gasteiger partial charge in [-0.25, -0.2) is 4.79 Å². The van der Waals surface area contributed by atoms with Crippen LogP contribution in [-0.4, -0.2) is 15.9 Å². The van der Waals surface area contributed by atoms with Gasteiger partial charge >= 0.3 is 6.09 Å². The molecule has 0 saturated heterocycles. The van der Waals surface area contributed by atoms with E-state index in [0.717, 1.165) is 4.68 Å². The SMILES string of the molecule is C#COC(=O)n1cc[nH]1. The minimum Gasteiger partial charge on any atom is -0.354 e. The van der Waals surface area contributed by atoms with E-state index in [4.69, 9.17) is 0 Å². The lowest BCUT2D eigenvalue weighted by molar-refractivity contribution is 0.188. The molecule has 1 rings (SSSR count). The van der Waals surface area contributed by atoms with E-state index >= 15 is 0 Å². The van der Waals surface area contributed by atoms with Crippen molar-refractivity contribution in [2.24, 2.45) is 0 Å². The predicted octanol–water partition coefficient (Wildman–Crippen LogP) is 0.392. The third-order valence-electron chi connectivity index (χ3n) is 0.780. The average molecular weight is 124 g/mol. The van der Waals surface area contributed by atoms with Gasteiger partial charge in [-0.2, -0.15) is 4.68 Å². The van der Waals surface area contributed by atoms with Gasteiger partial charge in [0, 0.05) is 6.20 Å². The molecule has 4 nitrogen and oxygen atoms in total. The van der Waals surface area contributed by atoms with E-state index in [1.54, 1.807) is 12.3 Å². The lowest BCUT2D eigenvalue weighted by Crippen LogP contribution is -2.16. The third-order valence-corrected chi connectivity index (χ3v) is 0.780. The molecule has 1 heterocycles. The summed E-state index contributed by atoms with van der Waals surface area (Å²) in [4.78, 5) is 10.5. The smallest absolute Gasteiger partial charge is 0.354 e. The zero-order valence-electron chi connectivity index (χ0n) is 4.50. The van der Waals surface area contributed by atoms with Crippen LogP contribution in [0.4, 0.5) is 4.79 Å². The minimum atomic E-state index is -0.597. The predicted molar refractivity (Wildman–Crippen MR) is 29.5 cm³/mol. The number of H-pyrrole nitrogens is 1. The maximum atomic E-state index is 10.5. The highest BCUT2D eigenvalue weighted by atomic mass is 16.5. The van der Waals surface area contributed by atoms with Gasteiger partial charge in [-0.3, -0.25) is 5.10 Å². The molecule has 0 aromatic carbocycles. The summed E-state index contributed by atoms with van der Waals surface area (Å²) in [5.41, 5.74) is 0. The van der Waals surface area contributed by atoms with Crippen LogP contribution in [0.3, 0.4) is 0 Å². The molecule has 1 N–H and O–H groups in total. The first-order valence-corrected chi connectivity index (χ1v) is 2.23. The molecule has 4 heteroatoms. The molecule has 0 radical (unpaired) electrons. The van der Waals surface area contributed by atoms with Crippen LogP contribution in [0, 0.1) is 12.5 Å².